The van der Waals surface area contributed by atoms with Crippen LogP contribution in [0.4, 0.5) is 11.4 Å². The number of para-hydroxylation sites is 2. The van der Waals surface area contributed by atoms with Gasteiger partial charge in [-0.1, -0.05) is 35.3 Å². The highest BCUT2D eigenvalue weighted by molar-refractivity contribution is 6.34. The molecule has 0 saturated carbocycles. The molecule has 0 aliphatic carbocycles. The van der Waals surface area contributed by atoms with Gasteiger partial charge in [0.25, 0.3) is 5.91 Å². The van der Waals surface area contributed by atoms with Crippen LogP contribution >= 0.6 is 23.2 Å². The fraction of sp³-hybridized carbons (Fsp3) is 0.222. The lowest BCUT2D eigenvalue weighted by Gasteiger charge is -2.27. The van der Waals surface area contributed by atoms with Crippen molar-refractivity contribution in [3.8, 4) is 0 Å². The van der Waals surface area contributed by atoms with Crippen molar-refractivity contribution in [3.63, 3.8) is 0 Å². The van der Waals surface area contributed by atoms with Gasteiger partial charge < -0.3 is 15.0 Å². The zero-order valence-electron chi connectivity index (χ0n) is 14.2. The molecule has 0 unspecified atom stereocenters. The van der Waals surface area contributed by atoms with Crippen molar-refractivity contribution in [2.75, 3.05) is 16.8 Å². The maximum absolute atomic E-state index is 12.7. The van der Waals surface area contributed by atoms with E-state index in [0.29, 0.717) is 11.4 Å². The lowest BCUT2D eigenvalue weighted by Crippen LogP contribution is -2.41. The maximum atomic E-state index is 12.7. The van der Waals surface area contributed by atoms with E-state index in [4.69, 9.17) is 27.9 Å². The summed E-state index contributed by atoms with van der Waals surface area (Å²) in [6.45, 7) is 1.22. The summed E-state index contributed by atoms with van der Waals surface area (Å²) < 4.78 is 5.07. The summed E-state index contributed by atoms with van der Waals surface area (Å²) >= 11 is 11.7. The number of esters is 1. The second-order valence-corrected chi connectivity index (χ2v) is 6.72. The standard InChI is InChI=1S/C18H15Cl2N3O4/c1-10-8-15(24)21-12-4-2-3-5-13(12)23(10)16(25)9-27-18(26)17-11(19)6-7-14(20)22-17/h2-7,10H,8-9H2,1H3,(H,21,24)/t10-/m1/s1. The number of benzene rings is 1. The molecule has 0 fully saturated rings. The Hall–Kier alpha value is -2.64. The molecule has 140 valence electrons. The average molecular weight is 408 g/mol. The molecule has 2 amide bonds. The molecule has 7 nitrogen and oxygen atoms in total. The zero-order valence-corrected chi connectivity index (χ0v) is 15.8. The van der Waals surface area contributed by atoms with Crippen molar-refractivity contribution in [2.24, 2.45) is 0 Å². The van der Waals surface area contributed by atoms with Crippen molar-refractivity contribution in [1.29, 1.82) is 0 Å². The van der Waals surface area contributed by atoms with Crippen molar-refractivity contribution < 1.29 is 19.1 Å². The number of carbonyl (C=O) groups excluding carboxylic acids is 3. The van der Waals surface area contributed by atoms with E-state index < -0.39 is 24.5 Å². The van der Waals surface area contributed by atoms with Crippen LogP contribution in [0.25, 0.3) is 0 Å². The molecule has 0 saturated heterocycles. The fourth-order valence-electron chi connectivity index (χ4n) is 2.79. The van der Waals surface area contributed by atoms with Crippen LogP contribution in [-0.4, -0.2) is 35.4 Å². The first-order chi connectivity index (χ1) is 12.9. The van der Waals surface area contributed by atoms with Gasteiger partial charge in [0.05, 0.1) is 16.4 Å². The minimum atomic E-state index is -0.860. The highest BCUT2D eigenvalue weighted by atomic mass is 35.5. The number of aromatic nitrogens is 1. The summed E-state index contributed by atoms with van der Waals surface area (Å²) in [7, 11) is 0. The molecule has 0 bridgehead atoms. The molecule has 1 aromatic carbocycles. The molecule has 2 heterocycles. The summed E-state index contributed by atoms with van der Waals surface area (Å²) in [6, 6.07) is 9.37. The van der Waals surface area contributed by atoms with Crippen LogP contribution in [0.1, 0.15) is 23.8 Å². The molecule has 3 rings (SSSR count). The molecule has 0 radical (unpaired) electrons. The van der Waals surface area contributed by atoms with E-state index in [1.807, 2.05) is 0 Å². The SMILES string of the molecule is C[C@@H]1CC(=O)Nc2ccccc2N1C(=O)COC(=O)c1nc(Cl)ccc1Cl. The van der Waals surface area contributed by atoms with Gasteiger partial charge in [0, 0.05) is 12.5 Å². The highest BCUT2D eigenvalue weighted by Gasteiger charge is 2.30. The van der Waals surface area contributed by atoms with Crippen molar-refractivity contribution in [3.05, 3.63) is 52.3 Å². The number of rotatable bonds is 3. The molecule has 2 aromatic rings. The summed E-state index contributed by atoms with van der Waals surface area (Å²) in [5, 5.41) is 2.91. The molecule has 1 atom stereocenters. The second-order valence-electron chi connectivity index (χ2n) is 5.92. The number of carbonyl (C=O) groups is 3. The van der Waals surface area contributed by atoms with Crippen LogP contribution in [0.5, 0.6) is 0 Å². The van der Waals surface area contributed by atoms with Crippen LogP contribution in [0.15, 0.2) is 36.4 Å². The minimum absolute atomic E-state index is 0.0696. The number of hydrogen-bond donors (Lipinski definition) is 1. The third kappa shape index (κ3) is 4.20. The minimum Gasteiger partial charge on any atom is -0.451 e. The molecule has 9 heteroatoms. The van der Waals surface area contributed by atoms with Crippen LogP contribution in [0.2, 0.25) is 10.2 Å². The second kappa shape index (κ2) is 7.94. The largest absolute Gasteiger partial charge is 0.451 e. The van der Waals surface area contributed by atoms with Crippen molar-refractivity contribution in [2.45, 2.75) is 19.4 Å². The number of hydrogen-bond acceptors (Lipinski definition) is 5. The maximum Gasteiger partial charge on any atom is 0.359 e. The molecule has 1 aliphatic heterocycles. The Morgan fingerprint density at radius 3 is 2.78 bits per heavy atom. The molecule has 27 heavy (non-hydrogen) atoms. The van der Waals surface area contributed by atoms with Gasteiger partial charge in [0.1, 0.15) is 5.15 Å². The number of nitrogens with zero attached hydrogens (tertiary/aromatic N) is 2. The van der Waals surface area contributed by atoms with Gasteiger partial charge in [-0.05, 0) is 31.2 Å². The van der Waals surface area contributed by atoms with Crippen LogP contribution in [0, 0.1) is 0 Å². The summed E-state index contributed by atoms with van der Waals surface area (Å²) in [5.41, 5.74) is 0.889. The van der Waals surface area contributed by atoms with Gasteiger partial charge in [0.2, 0.25) is 5.91 Å². The van der Waals surface area contributed by atoms with Crippen molar-refractivity contribution >= 4 is 52.4 Å². The molecule has 1 aliphatic rings. The van der Waals surface area contributed by atoms with Crippen LogP contribution in [0.3, 0.4) is 0 Å². The Bertz CT molecular complexity index is 919. The Morgan fingerprint density at radius 2 is 2.00 bits per heavy atom. The van der Waals surface area contributed by atoms with E-state index in [-0.39, 0.29) is 28.2 Å². The molecular weight excluding hydrogens is 393 g/mol. The third-order valence-corrected chi connectivity index (χ3v) is 4.48. The predicted octanol–water partition coefficient (Wildman–Crippen LogP) is 3.31. The van der Waals surface area contributed by atoms with Gasteiger partial charge in [-0.25, -0.2) is 9.78 Å². The van der Waals surface area contributed by atoms with E-state index in [2.05, 4.69) is 10.3 Å². The van der Waals surface area contributed by atoms with Crippen LogP contribution < -0.4 is 10.2 Å². The van der Waals surface area contributed by atoms with Gasteiger partial charge in [-0.2, -0.15) is 0 Å². The van der Waals surface area contributed by atoms with E-state index in [1.54, 1.807) is 31.2 Å². The first-order valence-corrected chi connectivity index (χ1v) is 8.82. The number of anilines is 2. The molecule has 0 spiro atoms. The van der Waals surface area contributed by atoms with Gasteiger partial charge in [0.15, 0.2) is 12.3 Å². The Balaban J connectivity index is 1.78. The lowest BCUT2D eigenvalue weighted by molar-refractivity contribution is -0.122. The lowest BCUT2D eigenvalue weighted by atomic mass is 10.1. The van der Waals surface area contributed by atoms with Gasteiger partial charge in [-0.15, -0.1) is 0 Å². The first kappa shape index (κ1) is 19.1. The summed E-state index contributed by atoms with van der Waals surface area (Å²) in [6.07, 6.45) is 0.121. The van der Waals surface area contributed by atoms with Crippen LogP contribution in [-0.2, 0) is 14.3 Å². The Labute approximate surface area is 165 Å². The number of ether oxygens (including phenoxy) is 1. The molecule has 1 N–H and O–H groups in total. The monoisotopic (exact) mass is 407 g/mol. The number of pyridine rings is 1. The summed E-state index contributed by atoms with van der Waals surface area (Å²) in [4.78, 5) is 42.2. The quantitative estimate of drug-likeness (QED) is 0.622. The number of halogens is 2. The molecule has 1 aromatic heterocycles. The smallest absolute Gasteiger partial charge is 0.359 e. The number of nitrogens with one attached hydrogen (secondary N) is 1. The topological polar surface area (TPSA) is 88.6 Å². The molecular formula is C18H15Cl2N3O4. The number of fused-ring (bicyclic) bond motifs is 1. The normalized spacial score (nSPS) is 16.2. The van der Waals surface area contributed by atoms with E-state index in [0.717, 1.165) is 0 Å². The zero-order chi connectivity index (χ0) is 19.6. The van der Waals surface area contributed by atoms with E-state index in [9.17, 15) is 14.4 Å². The Kier molecular flexibility index (Phi) is 5.62. The Morgan fingerprint density at radius 1 is 1.26 bits per heavy atom. The van der Waals surface area contributed by atoms with Gasteiger partial charge >= 0.3 is 5.97 Å². The van der Waals surface area contributed by atoms with Gasteiger partial charge in [-0.3, -0.25) is 9.59 Å². The fourth-order valence-corrected chi connectivity index (χ4v) is 3.12. The summed E-state index contributed by atoms with van der Waals surface area (Å²) in [5.74, 6) is -1.53. The van der Waals surface area contributed by atoms with Crippen molar-refractivity contribution in [1.82, 2.24) is 4.98 Å². The number of amides is 2. The first-order valence-electron chi connectivity index (χ1n) is 8.07. The predicted molar refractivity (Wildman–Crippen MR) is 101 cm³/mol. The third-order valence-electron chi connectivity index (χ3n) is 3.96. The van der Waals surface area contributed by atoms with E-state index >= 15 is 0 Å². The highest BCUT2D eigenvalue weighted by Crippen LogP contribution is 2.31. The van der Waals surface area contributed by atoms with E-state index in [1.165, 1.54) is 17.0 Å². The average Bonchev–Trinajstić information content (AvgIpc) is 2.75.